The summed E-state index contributed by atoms with van der Waals surface area (Å²) in [5, 5.41) is 8.57. The van der Waals surface area contributed by atoms with E-state index in [0.717, 1.165) is 6.42 Å². The average Bonchev–Trinajstić information content (AvgIpc) is 2.85. The lowest BCUT2D eigenvalue weighted by Gasteiger charge is -2.47. The Kier molecular flexibility index (Phi) is 3.67. The first-order chi connectivity index (χ1) is 9.97. The Bertz CT molecular complexity index is 558. The van der Waals surface area contributed by atoms with Gasteiger partial charge in [0, 0.05) is 4.90 Å². The van der Waals surface area contributed by atoms with Crippen molar-refractivity contribution in [2.75, 3.05) is 19.7 Å². The summed E-state index contributed by atoms with van der Waals surface area (Å²) >= 11 is 1.61. The summed E-state index contributed by atoms with van der Waals surface area (Å²) in [7, 11) is 0. The Morgan fingerprint density at radius 3 is 2.81 bits per heavy atom. The number of ether oxygens (including phenoxy) is 1. The number of rotatable bonds is 4. The third-order valence-electron chi connectivity index (χ3n) is 3.83. The summed E-state index contributed by atoms with van der Waals surface area (Å²) in [5.41, 5.74) is 0.704. The summed E-state index contributed by atoms with van der Waals surface area (Å²) in [5.74, 6) is -0.865. The monoisotopic (exact) mass is 307 g/mol. The Labute approximate surface area is 127 Å². The highest BCUT2D eigenvalue weighted by Crippen LogP contribution is 2.39. The second kappa shape index (κ2) is 5.35. The molecule has 2 aliphatic heterocycles. The van der Waals surface area contributed by atoms with Crippen molar-refractivity contribution in [1.82, 2.24) is 4.90 Å². The van der Waals surface area contributed by atoms with Gasteiger partial charge in [-0.1, -0.05) is 18.2 Å². The molecule has 1 fully saturated rings. The molecule has 1 N–H and O–H groups in total. The summed E-state index contributed by atoms with van der Waals surface area (Å²) in [6.45, 7) is 2.46. The smallest absolute Gasteiger partial charge is 0.329 e. The molecule has 112 valence electrons. The van der Waals surface area contributed by atoms with Gasteiger partial charge in [0.2, 0.25) is 5.91 Å². The minimum absolute atomic E-state index is 0.0635. The molecule has 6 heteroatoms. The van der Waals surface area contributed by atoms with E-state index in [1.54, 1.807) is 16.7 Å². The molecular formula is C15H17NO4S. The Balaban J connectivity index is 1.54. The molecule has 1 atom stereocenters. The van der Waals surface area contributed by atoms with Crippen LogP contribution in [0.4, 0.5) is 0 Å². The highest BCUT2D eigenvalue weighted by molar-refractivity contribution is 8.01. The molecule has 0 bridgehead atoms. The summed E-state index contributed by atoms with van der Waals surface area (Å²) < 4.78 is 5.33. The van der Waals surface area contributed by atoms with Gasteiger partial charge < -0.3 is 14.7 Å². The first-order valence-corrected chi connectivity index (χ1v) is 7.74. The second-order valence-electron chi connectivity index (χ2n) is 5.74. The first-order valence-electron chi connectivity index (χ1n) is 6.86. The fourth-order valence-corrected chi connectivity index (χ4v) is 4.05. The van der Waals surface area contributed by atoms with E-state index in [0.29, 0.717) is 13.1 Å². The van der Waals surface area contributed by atoms with Gasteiger partial charge in [0.05, 0.1) is 18.3 Å². The van der Waals surface area contributed by atoms with Crippen molar-refractivity contribution in [3.8, 4) is 0 Å². The number of benzene rings is 1. The second-order valence-corrected chi connectivity index (χ2v) is 6.99. The van der Waals surface area contributed by atoms with E-state index >= 15 is 0 Å². The average molecular weight is 307 g/mol. The van der Waals surface area contributed by atoms with Crippen molar-refractivity contribution >= 4 is 23.6 Å². The maximum absolute atomic E-state index is 12.5. The quantitative estimate of drug-likeness (QED) is 0.911. The lowest BCUT2D eigenvalue weighted by Crippen LogP contribution is -2.64. The maximum atomic E-state index is 12.5. The number of thioether (sulfide) groups is 1. The molecule has 1 aromatic rings. The summed E-state index contributed by atoms with van der Waals surface area (Å²) in [6, 6.07) is 8.08. The fraction of sp³-hybridized carbons (Fsp3) is 0.467. The van der Waals surface area contributed by atoms with Crippen molar-refractivity contribution in [3.63, 3.8) is 0 Å². The molecule has 0 radical (unpaired) electrons. The molecule has 2 heterocycles. The van der Waals surface area contributed by atoms with Gasteiger partial charge in [-0.15, -0.1) is 11.8 Å². The highest BCUT2D eigenvalue weighted by Gasteiger charge is 2.45. The number of carbonyl (C=O) groups excluding carboxylic acids is 1. The SMILES string of the molecule is CC1(OCC(=O)O)CN(C(=O)C2Cc3ccccc3S2)C1. The number of carboxylic acid groups (broad SMARTS) is 1. The molecule has 0 aromatic heterocycles. The number of carboxylic acids is 1. The molecule has 5 nitrogen and oxygen atoms in total. The summed E-state index contributed by atoms with van der Waals surface area (Å²) in [4.78, 5) is 25.9. The van der Waals surface area contributed by atoms with Crippen LogP contribution in [0.3, 0.4) is 0 Å². The molecular weight excluding hydrogens is 290 g/mol. The van der Waals surface area contributed by atoms with Gasteiger partial charge in [-0.3, -0.25) is 4.79 Å². The zero-order valence-corrected chi connectivity index (χ0v) is 12.6. The van der Waals surface area contributed by atoms with E-state index in [9.17, 15) is 9.59 Å². The standard InChI is InChI=1S/C15H17NO4S/c1-15(20-7-13(17)18)8-16(9-15)14(19)12-6-10-4-2-3-5-11(10)21-12/h2-5,12H,6-9H2,1H3,(H,17,18). The van der Waals surface area contributed by atoms with Crippen LogP contribution in [0.5, 0.6) is 0 Å². The molecule has 1 aromatic carbocycles. The Morgan fingerprint density at radius 1 is 1.43 bits per heavy atom. The van der Waals surface area contributed by atoms with Gasteiger partial charge in [-0.05, 0) is 25.0 Å². The minimum Gasteiger partial charge on any atom is -0.480 e. The zero-order valence-electron chi connectivity index (χ0n) is 11.7. The molecule has 3 rings (SSSR count). The largest absolute Gasteiger partial charge is 0.480 e. The number of carbonyl (C=O) groups is 2. The predicted molar refractivity (Wildman–Crippen MR) is 78.4 cm³/mol. The van der Waals surface area contributed by atoms with Crippen LogP contribution in [0.15, 0.2) is 29.2 Å². The van der Waals surface area contributed by atoms with E-state index in [4.69, 9.17) is 9.84 Å². The number of hydrogen-bond acceptors (Lipinski definition) is 4. The molecule has 0 spiro atoms. The number of hydrogen-bond donors (Lipinski definition) is 1. The van der Waals surface area contributed by atoms with Gasteiger partial charge in [0.15, 0.2) is 0 Å². The number of fused-ring (bicyclic) bond motifs is 1. The van der Waals surface area contributed by atoms with Gasteiger partial charge in [-0.2, -0.15) is 0 Å². The van der Waals surface area contributed by atoms with Crippen LogP contribution >= 0.6 is 11.8 Å². The third-order valence-corrected chi connectivity index (χ3v) is 5.13. The van der Waals surface area contributed by atoms with E-state index in [-0.39, 0.29) is 17.8 Å². The minimum atomic E-state index is -0.984. The lowest BCUT2D eigenvalue weighted by molar-refractivity contribution is -0.172. The highest BCUT2D eigenvalue weighted by atomic mass is 32.2. The lowest BCUT2D eigenvalue weighted by atomic mass is 9.95. The zero-order chi connectivity index (χ0) is 15.0. The summed E-state index contributed by atoms with van der Waals surface area (Å²) in [6.07, 6.45) is 0.767. The van der Waals surface area contributed by atoms with Gasteiger partial charge in [-0.25, -0.2) is 4.79 Å². The van der Waals surface area contributed by atoms with E-state index in [1.165, 1.54) is 10.5 Å². The Morgan fingerprint density at radius 2 is 2.14 bits per heavy atom. The van der Waals surface area contributed by atoms with Gasteiger partial charge in [0.25, 0.3) is 0 Å². The van der Waals surface area contributed by atoms with Crippen LogP contribution in [-0.2, 0) is 20.7 Å². The van der Waals surface area contributed by atoms with Crippen LogP contribution in [0.2, 0.25) is 0 Å². The van der Waals surface area contributed by atoms with Gasteiger partial charge >= 0.3 is 5.97 Å². The third kappa shape index (κ3) is 2.91. The van der Waals surface area contributed by atoms with Crippen molar-refractivity contribution < 1.29 is 19.4 Å². The Hall–Kier alpha value is -1.53. The van der Waals surface area contributed by atoms with Crippen LogP contribution in [0, 0.1) is 0 Å². The van der Waals surface area contributed by atoms with Crippen LogP contribution in [0.25, 0.3) is 0 Å². The number of nitrogens with zero attached hydrogens (tertiary/aromatic N) is 1. The molecule has 0 saturated carbocycles. The van der Waals surface area contributed by atoms with Crippen molar-refractivity contribution in [2.24, 2.45) is 0 Å². The molecule has 1 amide bonds. The van der Waals surface area contributed by atoms with Crippen molar-refractivity contribution in [2.45, 2.75) is 29.1 Å². The molecule has 1 unspecified atom stereocenters. The van der Waals surface area contributed by atoms with Crippen LogP contribution in [-0.4, -0.2) is 52.4 Å². The normalized spacial score (nSPS) is 22.5. The molecule has 1 saturated heterocycles. The van der Waals surface area contributed by atoms with E-state index in [2.05, 4.69) is 6.07 Å². The maximum Gasteiger partial charge on any atom is 0.329 e. The van der Waals surface area contributed by atoms with Crippen LogP contribution < -0.4 is 0 Å². The van der Waals surface area contributed by atoms with E-state index < -0.39 is 11.6 Å². The number of aliphatic carboxylic acids is 1. The number of likely N-dealkylation sites (tertiary alicyclic amines) is 1. The molecule has 0 aliphatic carbocycles. The van der Waals surface area contributed by atoms with Crippen LogP contribution in [0.1, 0.15) is 12.5 Å². The fourth-order valence-electron chi connectivity index (χ4n) is 2.77. The molecule has 2 aliphatic rings. The predicted octanol–water partition coefficient (Wildman–Crippen LogP) is 1.41. The first kappa shape index (κ1) is 14.4. The van der Waals surface area contributed by atoms with Gasteiger partial charge in [0.1, 0.15) is 12.2 Å². The topological polar surface area (TPSA) is 66.8 Å². The van der Waals surface area contributed by atoms with Crippen molar-refractivity contribution in [3.05, 3.63) is 29.8 Å². The number of amides is 1. The van der Waals surface area contributed by atoms with Crippen molar-refractivity contribution in [1.29, 1.82) is 0 Å². The van der Waals surface area contributed by atoms with E-state index in [1.807, 2.05) is 25.1 Å². The molecule has 21 heavy (non-hydrogen) atoms.